The van der Waals surface area contributed by atoms with Crippen molar-refractivity contribution in [2.24, 2.45) is 0 Å². The fourth-order valence-electron chi connectivity index (χ4n) is 2.04. The Morgan fingerprint density at radius 1 is 1.18 bits per heavy atom. The summed E-state index contributed by atoms with van der Waals surface area (Å²) in [6.45, 7) is 7.82. The van der Waals surface area contributed by atoms with E-state index in [1.54, 1.807) is 0 Å². The van der Waals surface area contributed by atoms with Crippen LogP contribution in [0.1, 0.15) is 19.4 Å². The average molecular weight is 235 g/mol. The first-order valence-electron chi connectivity index (χ1n) is 6.17. The average Bonchev–Trinajstić information content (AvgIpc) is 2.40. The minimum Gasteiger partial charge on any atom is -0.395 e. The maximum Gasteiger partial charge on any atom is 0.0642 e. The second-order valence-corrected chi connectivity index (χ2v) is 5.19. The molecule has 0 atom stereocenters. The molecular formula is C14H21NO2. The largest absolute Gasteiger partial charge is 0.395 e. The van der Waals surface area contributed by atoms with Crippen LogP contribution in [-0.2, 0) is 10.2 Å². The summed E-state index contributed by atoms with van der Waals surface area (Å²) in [6.07, 6.45) is 0. The van der Waals surface area contributed by atoms with E-state index in [9.17, 15) is 5.11 Å². The van der Waals surface area contributed by atoms with Crippen molar-refractivity contribution in [2.75, 3.05) is 37.8 Å². The Labute approximate surface area is 103 Å². The van der Waals surface area contributed by atoms with Gasteiger partial charge in [0.25, 0.3) is 0 Å². The number of anilines is 1. The number of aliphatic hydroxyl groups excluding tert-OH is 1. The molecule has 1 aromatic carbocycles. The highest BCUT2D eigenvalue weighted by Crippen LogP contribution is 2.25. The summed E-state index contributed by atoms with van der Waals surface area (Å²) in [5.41, 5.74) is 2.26. The molecule has 0 bridgehead atoms. The number of morpholine rings is 1. The summed E-state index contributed by atoms with van der Waals surface area (Å²) in [5.74, 6) is 0. The Hall–Kier alpha value is -1.06. The van der Waals surface area contributed by atoms with Gasteiger partial charge in [0.1, 0.15) is 0 Å². The molecule has 3 nitrogen and oxygen atoms in total. The van der Waals surface area contributed by atoms with Crippen molar-refractivity contribution in [2.45, 2.75) is 19.3 Å². The second-order valence-electron chi connectivity index (χ2n) is 5.19. The quantitative estimate of drug-likeness (QED) is 0.867. The van der Waals surface area contributed by atoms with Gasteiger partial charge in [-0.15, -0.1) is 0 Å². The molecule has 1 fully saturated rings. The van der Waals surface area contributed by atoms with Crippen LogP contribution in [0.4, 0.5) is 5.69 Å². The molecule has 0 aromatic heterocycles. The number of hydrogen-bond acceptors (Lipinski definition) is 3. The van der Waals surface area contributed by atoms with Crippen LogP contribution in [0.3, 0.4) is 0 Å². The number of ether oxygens (including phenoxy) is 1. The van der Waals surface area contributed by atoms with Gasteiger partial charge in [0.15, 0.2) is 0 Å². The third-order valence-corrected chi connectivity index (χ3v) is 3.42. The second kappa shape index (κ2) is 5.07. The van der Waals surface area contributed by atoms with Gasteiger partial charge < -0.3 is 14.7 Å². The van der Waals surface area contributed by atoms with Gasteiger partial charge in [-0.2, -0.15) is 0 Å². The first-order chi connectivity index (χ1) is 8.13. The zero-order valence-corrected chi connectivity index (χ0v) is 10.6. The van der Waals surface area contributed by atoms with E-state index in [2.05, 4.69) is 43.0 Å². The highest BCUT2D eigenvalue weighted by atomic mass is 16.5. The first kappa shape index (κ1) is 12.4. The molecular weight excluding hydrogens is 214 g/mol. The summed E-state index contributed by atoms with van der Waals surface area (Å²) in [5, 5.41) is 9.34. The van der Waals surface area contributed by atoms with Crippen molar-refractivity contribution in [3.8, 4) is 0 Å². The van der Waals surface area contributed by atoms with Crippen molar-refractivity contribution < 1.29 is 9.84 Å². The maximum atomic E-state index is 9.34. The molecule has 0 radical (unpaired) electrons. The van der Waals surface area contributed by atoms with Gasteiger partial charge in [0.2, 0.25) is 0 Å². The van der Waals surface area contributed by atoms with Crippen LogP contribution in [0, 0.1) is 0 Å². The van der Waals surface area contributed by atoms with Crippen LogP contribution in [0.15, 0.2) is 24.3 Å². The van der Waals surface area contributed by atoms with E-state index in [1.807, 2.05) is 0 Å². The maximum absolute atomic E-state index is 9.34. The number of benzene rings is 1. The number of aliphatic hydroxyl groups is 1. The molecule has 94 valence electrons. The van der Waals surface area contributed by atoms with Gasteiger partial charge >= 0.3 is 0 Å². The van der Waals surface area contributed by atoms with Crippen LogP contribution in [0.2, 0.25) is 0 Å². The summed E-state index contributed by atoms with van der Waals surface area (Å²) >= 11 is 0. The predicted octanol–water partition coefficient (Wildman–Crippen LogP) is 1.79. The van der Waals surface area contributed by atoms with E-state index < -0.39 is 0 Å². The molecule has 0 amide bonds. The van der Waals surface area contributed by atoms with Crippen LogP contribution >= 0.6 is 0 Å². The molecule has 1 aliphatic heterocycles. The zero-order valence-electron chi connectivity index (χ0n) is 10.6. The topological polar surface area (TPSA) is 32.7 Å². The van der Waals surface area contributed by atoms with Crippen molar-refractivity contribution in [1.29, 1.82) is 0 Å². The van der Waals surface area contributed by atoms with E-state index in [0.29, 0.717) is 0 Å². The van der Waals surface area contributed by atoms with E-state index in [1.165, 1.54) is 11.3 Å². The fourth-order valence-corrected chi connectivity index (χ4v) is 2.04. The molecule has 1 saturated heterocycles. The lowest BCUT2D eigenvalue weighted by molar-refractivity contribution is 0.122. The molecule has 3 heteroatoms. The third kappa shape index (κ3) is 2.79. The highest BCUT2D eigenvalue weighted by molar-refractivity contribution is 5.48. The smallest absolute Gasteiger partial charge is 0.0642 e. The monoisotopic (exact) mass is 235 g/mol. The molecule has 0 aliphatic carbocycles. The molecule has 1 aromatic rings. The van der Waals surface area contributed by atoms with Gasteiger partial charge in [-0.25, -0.2) is 0 Å². The molecule has 1 aliphatic rings. The van der Waals surface area contributed by atoms with Gasteiger partial charge in [0, 0.05) is 24.2 Å². The Balaban J connectivity index is 2.12. The molecule has 0 unspecified atom stereocenters. The Morgan fingerprint density at radius 2 is 1.76 bits per heavy atom. The Morgan fingerprint density at radius 3 is 2.29 bits per heavy atom. The van der Waals surface area contributed by atoms with Crippen LogP contribution in [0.25, 0.3) is 0 Å². The van der Waals surface area contributed by atoms with Crippen LogP contribution in [-0.4, -0.2) is 38.0 Å². The number of rotatable bonds is 3. The summed E-state index contributed by atoms with van der Waals surface area (Å²) in [6, 6.07) is 8.50. The normalized spacial score (nSPS) is 17.2. The van der Waals surface area contributed by atoms with E-state index in [-0.39, 0.29) is 12.0 Å². The van der Waals surface area contributed by atoms with Gasteiger partial charge in [-0.1, -0.05) is 26.0 Å². The molecule has 2 rings (SSSR count). The van der Waals surface area contributed by atoms with E-state index in [4.69, 9.17) is 4.74 Å². The molecule has 1 N–H and O–H groups in total. The standard InChI is InChI=1S/C14H21NO2/c1-14(2,11-16)12-3-5-13(6-4-12)15-7-9-17-10-8-15/h3-6,16H,7-11H2,1-2H3. The summed E-state index contributed by atoms with van der Waals surface area (Å²) < 4.78 is 5.34. The van der Waals surface area contributed by atoms with Crippen molar-refractivity contribution >= 4 is 5.69 Å². The van der Waals surface area contributed by atoms with Crippen molar-refractivity contribution in [3.63, 3.8) is 0 Å². The minimum absolute atomic E-state index is 0.163. The Kier molecular flexibility index (Phi) is 3.69. The van der Waals surface area contributed by atoms with Crippen LogP contribution < -0.4 is 4.90 Å². The molecule has 0 spiro atoms. The lowest BCUT2D eigenvalue weighted by Gasteiger charge is -2.30. The summed E-state index contributed by atoms with van der Waals surface area (Å²) in [4.78, 5) is 2.33. The van der Waals surface area contributed by atoms with Gasteiger partial charge in [-0.05, 0) is 17.7 Å². The first-order valence-corrected chi connectivity index (χ1v) is 6.17. The van der Waals surface area contributed by atoms with E-state index >= 15 is 0 Å². The fraction of sp³-hybridized carbons (Fsp3) is 0.571. The number of nitrogens with zero attached hydrogens (tertiary/aromatic N) is 1. The molecule has 17 heavy (non-hydrogen) atoms. The van der Waals surface area contributed by atoms with E-state index in [0.717, 1.165) is 26.3 Å². The summed E-state index contributed by atoms with van der Waals surface area (Å²) in [7, 11) is 0. The molecule has 0 saturated carbocycles. The van der Waals surface area contributed by atoms with Crippen LogP contribution in [0.5, 0.6) is 0 Å². The third-order valence-electron chi connectivity index (χ3n) is 3.42. The zero-order chi connectivity index (χ0) is 12.3. The highest BCUT2D eigenvalue weighted by Gasteiger charge is 2.19. The van der Waals surface area contributed by atoms with Crippen molar-refractivity contribution in [1.82, 2.24) is 0 Å². The number of hydrogen-bond donors (Lipinski definition) is 1. The Bertz CT molecular complexity index is 353. The lowest BCUT2D eigenvalue weighted by atomic mass is 9.85. The molecule has 1 heterocycles. The van der Waals surface area contributed by atoms with Crippen molar-refractivity contribution in [3.05, 3.63) is 29.8 Å². The SMILES string of the molecule is CC(C)(CO)c1ccc(N2CCOCC2)cc1. The predicted molar refractivity (Wildman–Crippen MR) is 69.6 cm³/mol. The van der Waals surface area contributed by atoms with Gasteiger partial charge in [-0.3, -0.25) is 0 Å². The van der Waals surface area contributed by atoms with Gasteiger partial charge in [0.05, 0.1) is 19.8 Å². The lowest BCUT2D eigenvalue weighted by Crippen LogP contribution is -2.36. The minimum atomic E-state index is -0.163.